The summed E-state index contributed by atoms with van der Waals surface area (Å²) in [7, 11) is 1.84. The summed E-state index contributed by atoms with van der Waals surface area (Å²) in [5.41, 5.74) is 2.38. The molecule has 7 heteroatoms. The van der Waals surface area contributed by atoms with Gasteiger partial charge in [0.15, 0.2) is 5.82 Å². The van der Waals surface area contributed by atoms with Crippen molar-refractivity contribution in [3.05, 3.63) is 42.7 Å². The quantitative estimate of drug-likeness (QED) is 0.772. The third-order valence-electron chi connectivity index (χ3n) is 4.83. The molecule has 0 bridgehead atoms. The van der Waals surface area contributed by atoms with Crippen LogP contribution in [0.2, 0.25) is 0 Å². The van der Waals surface area contributed by atoms with Crippen molar-refractivity contribution >= 4 is 28.4 Å². The van der Waals surface area contributed by atoms with Gasteiger partial charge in [-0.05, 0) is 24.3 Å². The standard InChI is InChI=1S/C20H21N5O2/c1-13(26)22-16-4-6-17-15(10-16)3-5-18(23-17)20-21-7-8-25(20)12-14-9-19(27)24(2)11-14/h3-8,10,14H,9,11-12H2,1-2H3,(H,22,26). The number of carbonyl (C=O) groups excluding carboxylic acids is 2. The first-order valence-electron chi connectivity index (χ1n) is 8.93. The number of benzene rings is 1. The Labute approximate surface area is 157 Å². The Bertz CT molecular complexity index is 1030. The van der Waals surface area contributed by atoms with E-state index in [1.54, 1.807) is 11.1 Å². The fourth-order valence-corrected chi connectivity index (χ4v) is 3.58. The van der Waals surface area contributed by atoms with Crippen LogP contribution in [0.15, 0.2) is 42.7 Å². The van der Waals surface area contributed by atoms with Crippen molar-refractivity contribution in [2.45, 2.75) is 19.9 Å². The van der Waals surface area contributed by atoms with E-state index in [9.17, 15) is 9.59 Å². The Morgan fingerprint density at radius 1 is 1.30 bits per heavy atom. The molecule has 0 saturated carbocycles. The summed E-state index contributed by atoms with van der Waals surface area (Å²) in [4.78, 5) is 34.0. The Hall–Kier alpha value is -3.22. The second kappa shape index (κ2) is 6.83. The van der Waals surface area contributed by atoms with Gasteiger partial charge in [-0.15, -0.1) is 0 Å². The molecule has 1 atom stereocenters. The van der Waals surface area contributed by atoms with E-state index >= 15 is 0 Å². The number of aromatic nitrogens is 3. The molecule has 0 spiro atoms. The first-order chi connectivity index (χ1) is 13.0. The van der Waals surface area contributed by atoms with Gasteiger partial charge in [0.1, 0.15) is 5.69 Å². The van der Waals surface area contributed by atoms with Crippen molar-refractivity contribution in [2.75, 3.05) is 18.9 Å². The number of hydrogen-bond donors (Lipinski definition) is 1. The number of imidazole rings is 1. The lowest BCUT2D eigenvalue weighted by Crippen LogP contribution is -2.20. The van der Waals surface area contributed by atoms with Crippen molar-refractivity contribution in [1.82, 2.24) is 19.4 Å². The molecule has 7 nitrogen and oxygen atoms in total. The second-order valence-electron chi connectivity index (χ2n) is 7.03. The van der Waals surface area contributed by atoms with Crippen LogP contribution in [0.5, 0.6) is 0 Å². The molecule has 0 aliphatic carbocycles. The predicted octanol–water partition coefficient (Wildman–Crippen LogP) is 2.54. The predicted molar refractivity (Wildman–Crippen MR) is 103 cm³/mol. The number of nitrogens with one attached hydrogen (secondary N) is 1. The average Bonchev–Trinajstić information content (AvgIpc) is 3.20. The molecule has 2 amide bonds. The van der Waals surface area contributed by atoms with Gasteiger partial charge in [-0.2, -0.15) is 0 Å². The van der Waals surface area contributed by atoms with Crippen LogP contribution >= 0.6 is 0 Å². The first-order valence-corrected chi connectivity index (χ1v) is 8.93. The molecule has 27 heavy (non-hydrogen) atoms. The maximum Gasteiger partial charge on any atom is 0.222 e. The third kappa shape index (κ3) is 3.53. The number of fused-ring (bicyclic) bond motifs is 1. The van der Waals surface area contributed by atoms with Gasteiger partial charge in [-0.25, -0.2) is 9.97 Å². The summed E-state index contributed by atoms with van der Waals surface area (Å²) in [6, 6.07) is 9.55. The van der Waals surface area contributed by atoms with Crippen molar-refractivity contribution < 1.29 is 9.59 Å². The summed E-state index contributed by atoms with van der Waals surface area (Å²) in [5, 5.41) is 3.73. The third-order valence-corrected chi connectivity index (χ3v) is 4.83. The smallest absolute Gasteiger partial charge is 0.222 e. The van der Waals surface area contributed by atoms with Crippen molar-refractivity contribution in [3.63, 3.8) is 0 Å². The number of amides is 2. The van der Waals surface area contributed by atoms with Gasteiger partial charge >= 0.3 is 0 Å². The molecule has 3 aromatic rings. The minimum absolute atomic E-state index is 0.100. The minimum atomic E-state index is -0.100. The van der Waals surface area contributed by atoms with E-state index in [1.807, 2.05) is 43.6 Å². The van der Waals surface area contributed by atoms with Crippen LogP contribution < -0.4 is 5.32 Å². The van der Waals surface area contributed by atoms with Crippen LogP contribution in [0.4, 0.5) is 5.69 Å². The Morgan fingerprint density at radius 3 is 2.89 bits per heavy atom. The summed E-state index contributed by atoms with van der Waals surface area (Å²) in [6.07, 6.45) is 4.27. The summed E-state index contributed by atoms with van der Waals surface area (Å²) >= 11 is 0. The highest BCUT2D eigenvalue weighted by Gasteiger charge is 2.27. The SMILES string of the molecule is CC(=O)Nc1ccc2nc(-c3nccn3CC3CC(=O)N(C)C3)ccc2c1. The molecule has 1 aliphatic heterocycles. The number of hydrogen-bond acceptors (Lipinski definition) is 4. The van der Waals surface area contributed by atoms with E-state index in [0.29, 0.717) is 6.42 Å². The first kappa shape index (κ1) is 17.2. The molecule has 1 N–H and O–H groups in total. The van der Waals surface area contributed by atoms with Gasteiger partial charge in [-0.3, -0.25) is 9.59 Å². The van der Waals surface area contributed by atoms with E-state index in [-0.39, 0.29) is 17.7 Å². The van der Waals surface area contributed by atoms with Crippen molar-refractivity contribution in [3.8, 4) is 11.5 Å². The van der Waals surface area contributed by atoms with Gasteiger partial charge in [0.2, 0.25) is 11.8 Å². The molecule has 1 unspecified atom stereocenters. The van der Waals surface area contributed by atoms with Crippen LogP contribution in [0.25, 0.3) is 22.4 Å². The zero-order chi connectivity index (χ0) is 19.0. The Kier molecular flexibility index (Phi) is 4.35. The minimum Gasteiger partial charge on any atom is -0.345 e. The highest BCUT2D eigenvalue weighted by Crippen LogP contribution is 2.25. The topological polar surface area (TPSA) is 80.1 Å². The van der Waals surface area contributed by atoms with Gasteiger partial charge in [0, 0.05) is 62.9 Å². The summed E-state index contributed by atoms with van der Waals surface area (Å²) in [5.74, 6) is 1.18. The van der Waals surface area contributed by atoms with Crippen molar-refractivity contribution in [1.29, 1.82) is 0 Å². The molecule has 1 saturated heterocycles. The molecule has 2 aromatic heterocycles. The molecule has 3 heterocycles. The number of carbonyl (C=O) groups is 2. The highest BCUT2D eigenvalue weighted by molar-refractivity contribution is 5.92. The lowest BCUT2D eigenvalue weighted by molar-refractivity contribution is -0.126. The molecule has 1 aromatic carbocycles. The second-order valence-corrected chi connectivity index (χ2v) is 7.03. The number of anilines is 1. The normalized spacial score (nSPS) is 16.9. The van der Waals surface area contributed by atoms with Crippen molar-refractivity contribution in [2.24, 2.45) is 5.92 Å². The van der Waals surface area contributed by atoms with Crippen LogP contribution in [-0.2, 0) is 16.1 Å². The number of nitrogens with zero attached hydrogens (tertiary/aromatic N) is 4. The van der Waals surface area contributed by atoms with Gasteiger partial charge in [0.25, 0.3) is 0 Å². The Balaban J connectivity index is 1.60. The maximum atomic E-state index is 11.8. The van der Waals surface area contributed by atoms with E-state index < -0.39 is 0 Å². The number of pyridine rings is 1. The lowest BCUT2D eigenvalue weighted by Gasteiger charge is -2.13. The van der Waals surface area contributed by atoms with Gasteiger partial charge in [-0.1, -0.05) is 6.07 Å². The largest absolute Gasteiger partial charge is 0.345 e. The van der Waals surface area contributed by atoms with E-state index in [0.717, 1.165) is 41.2 Å². The average molecular weight is 363 g/mol. The fraction of sp³-hybridized carbons (Fsp3) is 0.300. The molecule has 1 fully saturated rings. The zero-order valence-corrected chi connectivity index (χ0v) is 15.3. The van der Waals surface area contributed by atoms with Gasteiger partial charge in [0.05, 0.1) is 5.52 Å². The van der Waals surface area contributed by atoms with E-state index in [4.69, 9.17) is 4.98 Å². The van der Waals surface area contributed by atoms with Gasteiger partial charge < -0.3 is 14.8 Å². The summed E-state index contributed by atoms with van der Waals surface area (Å²) in [6.45, 7) is 3.00. The molecular weight excluding hydrogens is 342 g/mol. The lowest BCUT2D eigenvalue weighted by atomic mass is 10.1. The molecular formula is C20H21N5O2. The van der Waals surface area contributed by atoms with E-state index in [2.05, 4.69) is 14.9 Å². The van der Waals surface area contributed by atoms with E-state index in [1.165, 1.54) is 6.92 Å². The highest BCUT2D eigenvalue weighted by atomic mass is 16.2. The monoisotopic (exact) mass is 363 g/mol. The van der Waals surface area contributed by atoms with Crippen LogP contribution in [0.3, 0.4) is 0 Å². The fourth-order valence-electron chi connectivity index (χ4n) is 3.58. The number of rotatable bonds is 4. The number of likely N-dealkylation sites (tertiary alicyclic amines) is 1. The summed E-state index contributed by atoms with van der Waals surface area (Å²) < 4.78 is 2.07. The van der Waals surface area contributed by atoms with Crippen LogP contribution in [-0.4, -0.2) is 44.8 Å². The zero-order valence-electron chi connectivity index (χ0n) is 15.3. The Morgan fingerprint density at radius 2 is 2.15 bits per heavy atom. The molecule has 1 aliphatic rings. The molecule has 0 radical (unpaired) electrons. The molecule has 4 rings (SSSR count). The molecule has 138 valence electrons. The van der Waals surface area contributed by atoms with Crippen LogP contribution in [0, 0.1) is 5.92 Å². The van der Waals surface area contributed by atoms with Crippen LogP contribution in [0.1, 0.15) is 13.3 Å². The maximum absolute atomic E-state index is 11.8.